The molecule has 1 N–H and O–H groups in total. The van der Waals surface area contributed by atoms with E-state index in [2.05, 4.69) is 6.07 Å². The zero-order chi connectivity index (χ0) is 10.8. The Morgan fingerprint density at radius 3 is 2.67 bits per heavy atom. The summed E-state index contributed by atoms with van der Waals surface area (Å²) in [5.74, 6) is 0.905. The smallest absolute Gasteiger partial charge is 0.128 e. The molecule has 0 aliphatic heterocycles. The maximum absolute atomic E-state index is 9.66. The highest BCUT2D eigenvalue weighted by Crippen LogP contribution is 2.35. The Bertz CT molecular complexity index is 356. The fourth-order valence-corrected chi connectivity index (χ4v) is 2.38. The number of aliphatic hydroxyl groups is 1. The molecule has 0 spiro atoms. The molecule has 1 aliphatic carbocycles. The van der Waals surface area contributed by atoms with Gasteiger partial charge >= 0.3 is 0 Å². The van der Waals surface area contributed by atoms with Gasteiger partial charge in [0.05, 0.1) is 13.2 Å². The molecule has 1 aromatic carbocycles. The third kappa shape index (κ3) is 1.86. The van der Waals surface area contributed by atoms with Crippen molar-refractivity contribution in [1.29, 1.82) is 0 Å². The van der Waals surface area contributed by atoms with Gasteiger partial charge in [-0.25, -0.2) is 0 Å². The van der Waals surface area contributed by atoms with E-state index in [1.807, 2.05) is 6.07 Å². The van der Waals surface area contributed by atoms with Crippen molar-refractivity contribution in [2.75, 3.05) is 7.11 Å². The van der Waals surface area contributed by atoms with E-state index in [0.29, 0.717) is 0 Å². The van der Waals surface area contributed by atoms with Crippen LogP contribution in [-0.4, -0.2) is 12.2 Å². The second-order valence-electron chi connectivity index (χ2n) is 4.21. The molecule has 1 aliphatic rings. The third-order valence-corrected chi connectivity index (χ3v) is 3.17. The minimum atomic E-state index is -0.452. The van der Waals surface area contributed by atoms with Gasteiger partial charge in [0.2, 0.25) is 0 Å². The van der Waals surface area contributed by atoms with Gasteiger partial charge in [-0.1, -0.05) is 12.1 Å². The van der Waals surface area contributed by atoms with E-state index in [9.17, 15) is 5.11 Å². The van der Waals surface area contributed by atoms with E-state index in [-0.39, 0.29) is 0 Å². The summed E-state index contributed by atoms with van der Waals surface area (Å²) in [5.41, 5.74) is 3.61. The molecule has 1 unspecified atom stereocenters. The van der Waals surface area contributed by atoms with Crippen LogP contribution in [0.1, 0.15) is 42.6 Å². The molecule has 0 saturated carbocycles. The van der Waals surface area contributed by atoms with E-state index in [4.69, 9.17) is 4.74 Å². The molecule has 1 aromatic rings. The Kier molecular flexibility index (Phi) is 2.96. The molecule has 1 atom stereocenters. The molecule has 2 nitrogen and oxygen atoms in total. The Hall–Kier alpha value is -1.02. The Morgan fingerprint density at radius 1 is 1.27 bits per heavy atom. The van der Waals surface area contributed by atoms with Gasteiger partial charge in [-0.2, -0.15) is 0 Å². The number of benzene rings is 1. The maximum Gasteiger partial charge on any atom is 0.128 e. The number of methoxy groups -OCH3 is 1. The third-order valence-electron chi connectivity index (χ3n) is 3.17. The first-order valence-electron chi connectivity index (χ1n) is 5.60. The fraction of sp³-hybridized carbons (Fsp3) is 0.538. The summed E-state index contributed by atoms with van der Waals surface area (Å²) in [4.78, 5) is 0. The molecular formula is C13H18O2. The zero-order valence-corrected chi connectivity index (χ0v) is 9.42. The standard InChI is InChI=1S/C13H18O2/c1-9(14)11-8-7-10-5-3-4-6-12(10)13(11)15-2/h7-9,14H,3-6H2,1-2H3. The molecule has 15 heavy (non-hydrogen) atoms. The Labute approximate surface area is 90.9 Å². The van der Waals surface area contributed by atoms with Gasteiger partial charge in [-0.15, -0.1) is 0 Å². The lowest BCUT2D eigenvalue weighted by atomic mass is 9.88. The van der Waals surface area contributed by atoms with Crippen LogP contribution in [0, 0.1) is 0 Å². The SMILES string of the molecule is COc1c(C(C)O)ccc2c1CCCC2. The molecule has 2 rings (SSSR count). The highest BCUT2D eigenvalue weighted by Gasteiger charge is 2.18. The molecule has 82 valence electrons. The topological polar surface area (TPSA) is 29.5 Å². The van der Waals surface area contributed by atoms with Crippen LogP contribution in [0.4, 0.5) is 0 Å². The summed E-state index contributed by atoms with van der Waals surface area (Å²) < 4.78 is 5.45. The van der Waals surface area contributed by atoms with Crippen molar-refractivity contribution in [3.05, 3.63) is 28.8 Å². The van der Waals surface area contributed by atoms with Crippen LogP contribution in [0.2, 0.25) is 0 Å². The molecule has 0 aromatic heterocycles. The predicted octanol–water partition coefficient (Wildman–Crippen LogP) is 2.63. The van der Waals surface area contributed by atoms with Gasteiger partial charge in [0.15, 0.2) is 0 Å². The summed E-state index contributed by atoms with van der Waals surface area (Å²) in [7, 11) is 1.69. The lowest BCUT2D eigenvalue weighted by Gasteiger charge is -2.22. The second kappa shape index (κ2) is 4.23. The molecule has 0 saturated heterocycles. The van der Waals surface area contributed by atoms with E-state index in [1.165, 1.54) is 24.0 Å². The second-order valence-corrected chi connectivity index (χ2v) is 4.21. The molecular weight excluding hydrogens is 188 g/mol. The highest BCUT2D eigenvalue weighted by atomic mass is 16.5. The van der Waals surface area contributed by atoms with Crippen molar-refractivity contribution in [2.24, 2.45) is 0 Å². The predicted molar refractivity (Wildman–Crippen MR) is 60.3 cm³/mol. The van der Waals surface area contributed by atoms with Crippen LogP contribution >= 0.6 is 0 Å². The van der Waals surface area contributed by atoms with Crippen molar-refractivity contribution in [2.45, 2.75) is 38.7 Å². The number of aliphatic hydroxyl groups excluding tert-OH is 1. The number of aryl methyl sites for hydroxylation is 1. The average Bonchev–Trinajstić information content (AvgIpc) is 2.27. The van der Waals surface area contributed by atoms with Gasteiger partial charge in [0.25, 0.3) is 0 Å². The molecule has 0 heterocycles. The van der Waals surface area contributed by atoms with Crippen molar-refractivity contribution < 1.29 is 9.84 Å². The van der Waals surface area contributed by atoms with Crippen LogP contribution in [0.3, 0.4) is 0 Å². The first kappa shape index (κ1) is 10.5. The molecule has 2 heteroatoms. The van der Waals surface area contributed by atoms with Gasteiger partial charge < -0.3 is 9.84 Å². The normalized spacial score (nSPS) is 17.0. The quantitative estimate of drug-likeness (QED) is 0.806. The monoisotopic (exact) mass is 206 g/mol. The molecule has 0 radical (unpaired) electrons. The van der Waals surface area contributed by atoms with Gasteiger partial charge in [-0.3, -0.25) is 0 Å². The van der Waals surface area contributed by atoms with Gasteiger partial charge in [0, 0.05) is 5.56 Å². The van der Waals surface area contributed by atoms with E-state index < -0.39 is 6.10 Å². The molecule has 0 amide bonds. The summed E-state index contributed by atoms with van der Waals surface area (Å²) in [6.07, 6.45) is 4.27. The van der Waals surface area contributed by atoms with Crippen LogP contribution in [0.5, 0.6) is 5.75 Å². The summed E-state index contributed by atoms with van der Waals surface area (Å²) in [5, 5.41) is 9.66. The minimum Gasteiger partial charge on any atom is -0.496 e. The largest absolute Gasteiger partial charge is 0.496 e. The zero-order valence-electron chi connectivity index (χ0n) is 9.42. The number of fused-ring (bicyclic) bond motifs is 1. The van der Waals surface area contributed by atoms with Crippen molar-refractivity contribution in [3.63, 3.8) is 0 Å². The van der Waals surface area contributed by atoms with E-state index in [0.717, 1.165) is 24.2 Å². The summed E-state index contributed by atoms with van der Waals surface area (Å²) >= 11 is 0. The molecule has 0 bridgehead atoms. The lowest BCUT2D eigenvalue weighted by molar-refractivity contribution is 0.194. The fourth-order valence-electron chi connectivity index (χ4n) is 2.38. The average molecular weight is 206 g/mol. The summed E-state index contributed by atoms with van der Waals surface area (Å²) in [6.45, 7) is 1.78. The molecule has 0 fully saturated rings. The van der Waals surface area contributed by atoms with Gasteiger partial charge in [0.1, 0.15) is 5.75 Å². The number of rotatable bonds is 2. The first-order valence-corrected chi connectivity index (χ1v) is 5.60. The van der Waals surface area contributed by atoms with Gasteiger partial charge in [-0.05, 0) is 43.7 Å². The van der Waals surface area contributed by atoms with Crippen molar-refractivity contribution >= 4 is 0 Å². The van der Waals surface area contributed by atoms with Crippen molar-refractivity contribution in [1.82, 2.24) is 0 Å². The summed E-state index contributed by atoms with van der Waals surface area (Å²) in [6, 6.07) is 4.13. The number of hydrogen-bond acceptors (Lipinski definition) is 2. The highest BCUT2D eigenvalue weighted by molar-refractivity contribution is 5.48. The van der Waals surface area contributed by atoms with Crippen LogP contribution < -0.4 is 4.74 Å². The van der Waals surface area contributed by atoms with E-state index >= 15 is 0 Å². The maximum atomic E-state index is 9.66. The number of ether oxygens (including phenoxy) is 1. The lowest BCUT2D eigenvalue weighted by Crippen LogP contribution is -2.08. The Morgan fingerprint density at radius 2 is 2.00 bits per heavy atom. The Balaban J connectivity index is 2.51. The van der Waals surface area contributed by atoms with Crippen molar-refractivity contribution in [3.8, 4) is 5.75 Å². The van der Waals surface area contributed by atoms with Crippen LogP contribution in [0.15, 0.2) is 12.1 Å². The number of hydrogen-bond donors (Lipinski definition) is 1. The minimum absolute atomic E-state index is 0.452. The first-order chi connectivity index (χ1) is 7.24. The van der Waals surface area contributed by atoms with E-state index in [1.54, 1.807) is 14.0 Å². The van der Waals surface area contributed by atoms with Crippen LogP contribution in [-0.2, 0) is 12.8 Å². The van der Waals surface area contributed by atoms with Crippen LogP contribution in [0.25, 0.3) is 0 Å².